The molecule has 0 radical (unpaired) electrons. The minimum Gasteiger partial charge on any atom is -0.368 e. The Bertz CT molecular complexity index is 863. The lowest BCUT2D eigenvalue weighted by atomic mass is 10.1. The molecule has 2 aromatic carbocycles. The fourth-order valence-corrected chi connectivity index (χ4v) is 3.38. The third-order valence-electron chi connectivity index (χ3n) is 5.06. The van der Waals surface area contributed by atoms with Gasteiger partial charge in [-0.1, -0.05) is 24.3 Å². The lowest BCUT2D eigenvalue weighted by molar-refractivity contribution is -0.137. The summed E-state index contributed by atoms with van der Waals surface area (Å²) < 4.78 is 38.7. The highest BCUT2D eigenvalue weighted by atomic mass is 19.4. The number of alkyl halides is 3. The number of rotatable bonds is 6. The number of halogens is 3. The molecule has 0 aromatic heterocycles. The first-order chi connectivity index (χ1) is 14.3. The molecule has 0 bridgehead atoms. The second-order valence-electron chi connectivity index (χ2n) is 7.14. The molecular formula is C22H24F3N3O2. The van der Waals surface area contributed by atoms with Crippen LogP contribution in [0, 0.1) is 0 Å². The summed E-state index contributed by atoms with van der Waals surface area (Å²) in [6.07, 6.45) is -3.52. The molecule has 0 spiro atoms. The Kier molecular flexibility index (Phi) is 6.97. The summed E-state index contributed by atoms with van der Waals surface area (Å²) in [4.78, 5) is 27.9. The first-order valence-electron chi connectivity index (χ1n) is 9.88. The SMILES string of the molecule is O=C(NCCCC(=O)N1CCN(c2cccc(C(F)(F)F)c2)CC1)c1ccccc1. The van der Waals surface area contributed by atoms with Gasteiger partial charge in [-0.25, -0.2) is 0 Å². The van der Waals surface area contributed by atoms with Crippen molar-refractivity contribution >= 4 is 17.5 Å². The van der Waals surface area contributed by atoms with Crippen LogP contribution in [0.3, 0.4) is 0 Å². The third kappa shape index (κ3) is 5.75. The van der Waals surface area contributed by atoms with Crippen molar-refractivity contribution in [2.24, 2.45) is 0 Å². The molecule has 0 unspecified atom stereocenters. The van der Waals surface area contributed by atoms with E-state index in [2.05, 4.69) is 5.32 Å². The van der Waals surface area contributed by atoms with Crippen LogP contribution in [0.4, 0.5) is 18.9 Å². The lowest BCUT2D eigenvalue weighted by Gasteiger charge is -2.36. The number of carbonyl (C=O) groups excluding carboxylic acids is 2. The molecule has 1 heterocycles. The minimum absolute atomic E-state index is 0.00680. The van der Waals surface area contributed by atoms with Crippen LogP contribution < -0.4 is 10.2 Å². The molecule has 1 aliphatic heterocycles. The van der Waals surface area contributed by atoms with Crippen LogP contribution in [0.2, 0.25) is 0 Å². The second kappa shape index (κ2) is 9.65. The molecule has 160 valence electrons. The van der Waals surface area contributed by atoms with Crippen molar-refractivity contribution in [1.29, 1.82) is 0 Å². The maximum atomic E-state index is 12.9. The van der Waals surface area contributed by atoms with Gasteiger partial charge in [-0.3, -0.25) is 9.59 Å². The Morgan fingerprint density at radius 2 is 1.63 bits per heavy atom. The van der Waals surface area contributed by atoms with Gasteiger partial charge in [0, 0.05) is 50.4 Å². The summed E-state index contributed by atoms with van der Waals surface area (Å²) in [5.41, 5.74) is 0.422. The highest BCUT2D eigenvalue weighted by molar-refractivity contribution is 5.94. The van der Waals surface area contributed by atoms with E-state index in [1.807, 2.05) is 11.0 Å². The van der Waals surface area contributed by atoms with Crippen molar-refractivity contribution in [2.75, 3.05) is 37.6 Å². The van der Waals surface area contributed by atoms with Gasteiger partial charge in [0.05, 0.1) is 5.56 Å². The van der Waals surface area contributed by atoms with Crippen LogP contribution >= 0.6 is 0 Å². The van der Waals surface area contributed by atoms with E-state index in [9.17, 15) is 22.8 Å². The second-order valence-corrected chi connectivity index (χ2v) is 7.14. The molecule has 1 N–H and O–H groups in total. The number of hydrogen-bond acceptors (Lipinski definition) is 3. The average molecular weight is 419 g/mol. The molecular weight excluding hydrogens is 395 g/mol. The van der Waals surface area contributed by atoms with Gasteiger partial charge < -0.3 is 15.1 Å². The lowest BCUT2D eigenvalue weighted by Crippen LogP contribution is -2.48. The fourth-order valence-electron chi connectivity index (χ4n) is 3.38. The zero-order chi connectivity index (χ0) is 21.6. The summed E-state index contributed by atoms with van der Waals surface area (Å²) in [6, 6.07) is 14.1. The van der Waals surface area contributed by atoms with E-state index >= 15 is 0 Å². The number of nitrogens with zero attached hydrogens (tertiary/aromatic N) is 2. The van der Waals surface area contributed by atoms with Gasteiger partial charge in [-0.15, -0.1) is 0 Å². The fraction of sp³-hybridized carbons (Fsp3) is 0.364. The van der Waals surface area contributed by atoms with Crippen molar-refractivity contribution < 1.29 is 22.8 Å². The summed E-state index contributed by atoms with van der Waals surface area (Å²) in [5, 5.41) is 2.79. The predicted molar refractivity (Wildman–Crippen MR) is 108 cm³/mol. The number of hydrogen-bond donors (Lipinski definition) is 1. The predicted octanol–water partition coefficient (Wildman–Crippen LogP) is 3.56. The van der Waals surface area contributed by atoms with Crippen LogP contribution in [0.1, 0.15) is 28.8 Å². The summed E-state index contributed by atoms with van der Waals surface area (Å²) >= 11 is 0. The van der Waals surface area contributed by atoms with Crippen LogP contribution in [-0.2, 0) is 11.0 Å². The van der Waals surface area contributed by atoms with Crippen LogP contribution in [0.15, 0.2) is 54.6 Å². The smallest absolute Gasteiger partial charge is 0.368 e. The molecule has 1 fully saturated rings. The van der Waals surface area contributed by atoms with Crippen LogP contribution in [0.25, 0.3) is 0 Å². The van der Waals surface area contributed by atoms with Gasteiger partial charge in [-0.05, 0) is 36.8 Å². The zero-order valence-corrected chi connectivity index (χ0v) is 16.5. The Labute approximate surface area is 173 Å². The number of nitrogens with one attached hydrogen (secondary N) is 1. The van der Waals surface area contributed by atoms with Crippen molar-refractivity contribution in [3.8, 4) is 0 Å². The van der Waals surface area contributed by atoms with E-state index in [4.69, 9.17) is 0 Å². The number of piperazine rings is 1. The molecule has 0 aliphatic carbocycles. The topological polar surface area (TPSA) is 52.7 Å². The number of anilines is 1. The van der Waals surface area contributed by atoms with Crippen LogP contribution in [-0.4, -0.2) is 49.4 Å². The van der Waals surface area contributed by atoms with Crippen LogP contribution in [0.5, 0.6) is 0 Å². The molecule has 3 rings (SSSR count). The molecule has 2 amide bonds. The highest BCUT2D eigenvalue weighted by Crippen LogP contribution is 2.31. The molecule has 5 nitrogen and oxygen atoms in total. The summed E-state index contributed by atoms with van der Waals surface area (Å²) in [7, 11) is 0. The standard InChI is InChI=1S/C22H24F3N3O2/c23-22(24,25)18-8-4-9-19(16-18)27-12-14-28(15-13-27)20(29)10-5-11-26-21(30)17-6-2-1-3-7-17/h1-4,6-9,16H,5,10-15H2,(H,26,30). The van der Waals surface area contributed by atoms with E-state index < -0.39 is 11.7 Å². The van der Waals surface area contributed by atoms with Gasteiger partial charge in [-0.2, -0.15) is 13.2 Å². The number of benzene rings is 2. The largest absolute Gasteiger partial charge is 0.416 e. The van der Waals surface area contributed by atoms with Crippen molar-refractivity contribution in [2.45, 2.75) is 19.0 Å². The molecule has 1 aliphatic rings. The molecule has 0 atom stereocenters. The van der Waals surface area contributed by atoms with E-state index in [1.165, 1.54) is 6.07 Å². The third-order valence-corrected chi connectivity index (χ3v) is 5.06. The van der Waals surface area contributed by atoms with Crippen molar-refractivity contribution in [3.63, 3.8) is 0 Å². The quantitative estimate of drug-likeness (QED) is 0.729. The first kappa shape index (κ1) is 21.7. The summed E-state index contributed by atoms with van der Waals surface area (Å²) in [5.74, 6) is -0.176. The molecule has 2 aromatic rings. The van der Waals surface area contributed by atoms with Crippen molar-refractivity contribution in [1.82, 2.24) is 10.2 Å². The van der Waals surface area contributed by atoms with E-state index in [-0.39, 0.29) is 11.8 Å². The van der Waals surface area contributed by atoms with Gasteiger partial charge in [0.25, 0.3) is 5.91 Å². The Morgan fingerprint density at radius 1 is 0.933 bits per heavy atom. The Morgan fingerprint density at radius 3 is 2.30 bits per heavy atom. The minimum atomic E-state index is -4.37. The van der Waals surface area contributed by atoms with Gasteiger partial charge >= 0.3 is 6.18 Å². The molecule has 0 saturated carbocycles. The first-order valence-corrected chi connectivity index (χ1v) is 9.88. The number of amides is 2. The zero-order valence-electron chi connectivity index (χ0n) is 16.5. The van der Waals surface area contributed by atoms with Gasteiger partial charge in [0.1, 0.15) is 0 Å². The highest BCUT2D eigenvalue weighted by Gasteiger charge is 2.31. The maximum absolute atomic E-state index is 12.9. The monoisotopic (exact) mass is 419 g/mol. The molecule has 1 saturated heterocycles. The van der Waals surface area contributed by atoms with Crippen molar-refractivity contribution in [3.05, 3.63) is 65.7 Å². The van der Waals surface area contributed by atoms with Gasteiger partial charge in [0.2, 0.25) is 5.91 Å². The normalized spacial score (nSPS) is 14.5. The summed E-state index contributed by atoms with van der Waals surface area (Å²) in [6.45, 7) is 2.30. The molecule has 8 heteroatoms. The Hall–Kier alpha value is -3.03. The van der Waals surface area contributed by atoms with E-state index in [0.717, 1.165) is 12.1 Å². The average Bonchev–Trinajstić information content (AvgIpc) is 2.76. The van der Waals surface area contributed by atoms with Gasteiger partial charge in [0.15, 0.2) is 0 Å². The number of carbonyl (C=O) groups is 2. The Balaban J connectivity index is 1.41. The molecule has 30 heavy (non-hydrogen) atoms. The van der Waals surface area contributed by atoms with E-state index in [0.29, 0.717) is 56.8 Å². The van der Waals surface area contributed by atoms with E-state index in [1.54, 1.807) is 35.2 Å². The maximum Gasteiger partial charge on any atom is 0.416 e.